The number of guanidine groups is 1. The zero-order valence-electron chi connectivity index (χ0n) is 16.7. The molecule has 1 aromatic rings. The van der Waals surface area contributed by atoms with Gasteiger partial charge in [0.25, 0.3) is 0 Å². The number of β-amino-alcohol motifs (C(OH)–C–C–N with tert-alkyl or cyclic N) is 1. The van der Waals surface area contributed by atoms with E-state index in [1.54, 1.807) is 0 Å². The maximum Gasteiger partial charge on any atom is 0.191 e. The Hall–Kier alpha value is -0.970. The van der Waals surface area contributed by atoms with Crippen LogP contribution >= 0.6 is 24.0 Å². The molecule has 1 saturated heterocycles. The molecular weight excluding hydrogens is 457 g/mol. The number of hydrogen-bond donors (Lipinski definition) is 3. The Morgan fingerprint density at radius 1 is 1.33 bits per heavy atom. The molecule has 0 amide bonds. The molecule has 0 spiro atoms. The first kappa shape index (κ1) is 24.1. The van der Waals surface area contributed by atoms with Crippen molar-refractivity contribution in [1.29, 1.82) is 0 Å². The highest BCUT2D eigenvalue weighted by atomic mass is 127. The molecule has 8 heteroatoms. The third-order valence-corrected chi connectivity index (χ3v) is 4.27. The highest BCUT2D eigenvalue weighted by Gasteiger charge is 2.25. The number of halogens is 1. The third kappa shape index (κ3) is 9.68. The highest BCUT2D eigenvalue weighted by Crippen LogP contribution is 2.09. The second-order valence-corrected chi connectivity index (χ2v) is 7.07. The Morgan fingerprint density at radius 3 is 2.70 bits per heavy atom. The van der Waals surface area contributed by atoms with Crippen LogP contribution in [0.25, 0.3) is 0 Å². The van der Waals surface area contributed by atoms with Crippen LogP contribution in [0.4, 0.5) is 0 Å². The molecule has 1 aliphatic heterocycles. The fourth-order valence-corrected chi connectivity index (χ4v) is 2.85. The highest BCUT2D eigenvalue weighted by molar-refractivity contribution is 14.0. The van der Waals surface area contributed by atoms with Crippen molar-refractivity contribution in [2.45, 2.75) is 32.8 Å². The molecule has 1 fully saturated rings. The SMILES string of the molecule is CCNC(=NCC(C)(O)CN1CCOCC1)NCCc1ccc(C)nc1.I. The van der Waals surface area contributed by atoms with Gasteiger partial charge in [-0.3, -0.25) is 14.9 Å². The number of aryl methyl sites for hydroxylation is 1. The van der Waals surface area contributed by atoms with Gasteiger partial charge in [-0.15, -0.1) is 24.0 Å². The summed E-state index contributed by atoms with van der Waals surface area (Å²) in [5.74, 6) is 0.731. The van der Waals surface area contributed by atoms with Gasteiger partial charge in [0.1, 0.15) is 0 Å². The van der Waals surface area contributed by atoms with Gasteiger partial charge in [0.05, 0.1) is 25.4 Å². The van der Waals surface area contributed by atoms with Crippen molar-refractivity contribution >= 4 is 29.9 Å². The molecule has 154 valence electrons. The minimum Gasteiger partial charge on any atom is -0.387 e. The van der Waals surface area contributed by atoms with Gasteiger partial charge in [-0.25, -0.2) is 0 Å². The Morgan fingerprint density at radius 2 is 2.07 bits per heavy atom. The Bertz CT molecular complexity index is 560. The van der Waals surface area contributed by atoms with Crippen LogP contribution in [0.15, 0.2) is 23.3 Å². The van der Waals surface area contributed by atoms with Crippen LogP contribution < -0.4 is 10.6 Å². The minimum absolute atomic E-state index is 0. The van der Waals surface area contributed by atoms with Crippen LogP contribution in [0, 0.1) is 6.92 Å². The van der Waals surface area contributed by atoms with E-state index in [-0.39, 0.29) is 24.0 Å². The molecule has 1 aromatic heterocycles. The molecule has 2 rings (SSSR count). The van der Waals surface area contributed by atoms with Crippen LogP contribution in [0.5, 0.6) is 0 Å². The van der Waals surface area contributed by atoms with Gasteiger partial charge >= 0.3 is 0 Å². The first-order chi connectivity index (χ1) is 12.5. The van der Waals surface area contributed by atoms with Crippen molar-refractivity contribution in [1.82, 2.24) is 20.5 Å². The lowest BCUT2D eigenvalue weighted by Gasteiger charge is -2.33. The van der Waals surface area contributed by atoms with Gasteiger partial charge in [-0.2, -0.15) is 0 Å². The van der Waals surface area contributed by atoms with Gasteiger partial charge in [0.2, 0.25) is 0 Å². The molecule has 1 aliphatic rings. The zero-order chi connectivity index (χ0) is 18.8. The molecule has 1 unspecified atom stereocenters. The second kappa shape index (κ2) is 12.5. The summed E-state index contributed by atoms with van der Waals surface area (Å²) in [7, 11) is 0. The molecule has 0 bridgehead atoms. The van der Waals surface area contributed by atoms with E-state index < -0.39 is 5.60 Å². The average Bonchev–Trinajstić information content (AvgIpc) is 2.62. The van der Waals surface area contributed by atoms with Crippen molar-refractivity contribution in [3.05, 3.63) is 29.6 Å². The van der Waals surface area contributed by atoms with Crippen molar-refractivity contribution in [3.8, 4) is 0 Å². The molecule has 2 heterocycles. The minimum atomic E-state index is -0.861. The van der Waals surface area contributed by atoms with E-state index in [9.17, 15) is 5.11 Å². The Kier molecular flexibility index (Phi) is 11.1. The Balaban J connectivity index is 0.00000364. The van der Waals surface area contributed by atoms with Crippen molar-refractivity contribution < 1.29 is 9.84 Å². The number of ether oxygens (including phenoxy) is 1. The van der Waals surface area contributed by atoms with Gasteiger partial charge < -0.3 is 20.5 Å². The average molecular weight is 491 g/mol. The fraction of sp³-hybridized carbons (Fsp3) is 0.684. The van der Waals surface area contributed by atoms with Crippen LogP contribution in [-0.4, -0.2) is 79.0 Å². The molecule has 3 N–H and O–H groups in total. The lowest BCUT2D eigenvalue weighted by Crippen LogP contribution is -2.48. The summed E-state index contributed by atoms with van der Waals surface area (Å²) in [4.78, 5) is 11.1. The molecule has 7 nitrogen and oxygen atoms in total. The molecule has 0 aromatic carbocycles. The number of nitrogens with zero attached hydrogens (tertiary/aromatic N) is 3. The quantitative estimate of drug-likeness (QED) is 0.288. The van der Waals surface area contributed by atoms with E-state index >= 15 is 0 Å². The number of nitrogens with one attached hydrogen (secondary N) is 2. The van der Waals surface area contributed by atoms with Gasteiger partial charge in [0.15, 0.2) is 5.96 Å². The summed E-state index contributed by atoms with van der Waals surface area (Å²) in [6, 6.07) is 4.12. The van der Waals surface area contributed by atoms with Crippen molar-refractivity contribution in [2.24, 2.45) is 4.99 Å². The lowest BCUT2D eigenvalue weighted by atomic mass is 10.1. The molecule has 1 atom stereocenters. The van der Waals surface area contributed by atoms with Crippen LogP contribution in [0.1, 0.15) is 25.1 Å². The van der Waals surface area contributed by atoms with E-state index in [4.69, 9.17) is 4.74 Å². The third-order valence-electron chi connectivity index (χ3n) is 4.27. The number of morpholine rings is 1. The van der Waals surface area contributed by atoms with E-state index in [2.05, 4.69) is 31.6 Å². The number of rotatable bonds is 8. The molecule has 0 radical (unpaired) electrons. The van der Waals surface area contributed by atoms with E-state index in [0.717, 1.165) is 57.5 Å². The first-order valence-corrected chi connectivity index (χ1v) is 9.45. The van der Waals surface area contributed by atoms with Crippen molar-refractivity contribution in [3.63, 3.8) is 0 Å². The zero-order valence-corrected chi connectivity index (χ0v) is 19.0. The van der Waals surface area contributed by atoms with Gasteiger partial charge in [-0.05, 0) is 38.8 Å². The smallest absolute Gasteiger partial charge is 0.191 e. The topological polar surface area (TPSA) is 82.0 Å². The number of aliphatic hydroxyl groups is 1. The molecule has 27 heavy (non-hydrogen) atoms. The lowest BCUT2D eigenvalue weighted by molar-refractivity contribution is -0.0179. The maximum atomic E-state index is 10.7. The first-order valence-electron chi connectivity index (χ1n) is 9.45. The summed E-state index contributed by atoms with van der Waals surface area (Å²) in [5, 5.41) is 17.2. The second-order valence-electron chi connectivity index (χ2n) is 7.07. The molecule has 0 aliphatic carbocycles. The normalized spacial score (nSPS) is 17.7. The number of hydrogen-bond acceptors (Lipinski definition) is 5. The predicted molar refractivity (Wildman–Crippen MR) is 120 cm³/mol. The maximum absolute atomic E-state index is 10.7. The van der Waals surface area contributed by atoms with E-state index in [0.29, 0.717) is 13.1 Å². The number of aromatic nitrogens is 1. The monoisotopic (exact) mass is 491 g/mol. The summed E-state index contributed by atoms with van der Waals surface area (Å²) in [5.41, 5.74) is 1.36. The van der Waals surface area contributed by atoms with Crippen molar-refractivity contribution in [2.75, 3.05) is 52.5 Å². The van der Waals surface area contributed by atoms with Crippen LogP contribution in [-0.2, 0) is 11.2 Å². The van der Waals surface area contributed by atoms with E-state index in [1.807, 2.05) is 33.0 Å². The molecular formula is C19H34IN5O2. The van der Waals surface area contributed by atoms with E-state index in [1.165, 1.54) is 5.56 Å². The number of aliphatic imine (C=N–C) groups is 1. The number of pyridine rings is 1. The summed E-state index contributed by atoms with van der Waals surface area (Å²) in [6.45, 7) is 11.6. The van der Waals surface area contributed by atoms with Crippen LogP contribution in [0.2, 0.25) is 0 Å². The Labute approximate surface area is 180 Å². The van der Waals surface area contributed by atoms with Gasteiger partial charge in [-0.1, -0.05) is 6.07 Å². The summed E-state index contributed by atoms with van der Waals surface area (Å²) < 4.78 is 5.36. The van der Waals surface area contributed by atoms with Gasteiger partial charge in [0, 0.05) is 44.6 Å². The summed E-state index contributed by atoms with van der Waals surface area (Å²) >= 11 is 0. The largest absolute Gasteiger partial charge is 0.387 e. The summed E-state index contributed by atoms with van der Waals surface area (Å²) in [6.07, 6.45) is 2.79. The molecule has 0 saturated carbocycles. The standard InChI is InChI=1S/C19H33N5O2.HI/c1-4-20-18(21-8-7-17-6-5-16(2)22-13-17)23-14-19(3,25)15-24-9-11-26-12-10-24;/h5-6,13,25H,4,7-12,14-15H2,1-3H3,(H2,20,21,23);1H. The predicted octanol–water partition coefficient (Wildman–Crippen LogP) is 1.19. The fourth-order valence-electron chi connectivity index (χ4n) is 2.85. The van der Waals surface area contributed by atoms with Crippen LogP contribution in [0.3, 0.4) is 0 Å².